The molecule has 0 spiro atoms. The summed E-state index contributed by atoms with van der Waals surface area (Å²) in [6.45, 7) is 6.68. The van der Waals surface area contributed by atoms with Gasteiger partial charge < -0.3 is 5.32 Å². The smallest absolute Gasteiger partial charge is 0.179 e. The van der Waals surface area contributed by atoms with Crippen LogP contribution in [0.2, 0.25) is 5.02 Å². The second-order valence-corrected chi connectivity index (χ2v) is 4.90. The Labute approximate surface area is 109 Å². The maximum atomic E-state index is 12.5. The number of halogens is 1. The highest BCUT2D eigenvalue weighted by Crippen LogP contribution is 2.13. The normalized spacial score (nSPS) is 19.9. The van der Waals surface area contributed by atoms with Crippen LogP contribution in [0.15, 0.2) is 24.2 Å². The summed E-state index contributed by atoms with van der Waals surface area (Å²) in [7, 11) is 0. The van der Waals surface area contributed by atoms with Gasteiger partial charge in [0.2, 0.25) is 0 Å². The zero-order chi connectivity index (χ0) is 16.7. The monoisotopic (exact) mass is 244 g/mol. The third-order valence-electron chi connectivity index (χ3n) is 1.72. The van der Waals surface area contributed by atoms with Gasteiger partial charge in [0.15, 0.2) is 5.78 Å². The van der Waals surface area contributed by atoms with E-state index in [4.69, 9.17) is 18.5 Å². The van der Waals surface area contributed by atoms with Crippen LogP contribution in [-0.4, -0.2) is 17.3 Å². The summed E-state index contributed by atoms with van der Waals surface area (Å²) in [6, 6.07) is -3.79. The zero-order valence-electron chi connectivity index (χ0n) is 14.8. The van der Waals surface area contributed by atoms with E-state index >= 15 is 0 Å². The van der Waals surface area contributed by atoms with E-state index < -0.39 is 47.1 Å². The summed E-state index contributed by atoms with van der Waals surface area (Å²) in [5, 5.41) is 2.45. The van der Waals surface area contributed by atoms with Gasteiger partial charge in [0.1, 0.15) is 0 Å². The van der Waals surface area contributed by atoms with Crippen LogP contribution < -0.4 is 5.32 Å². The van der Waals surface area contributed by atoms with Crippen molar-refractivity contribution in [1.29, 1.82) is 0 Å². The van der Waals surface area contributed by atoms with Crippen LogP contribution in [0.25, 0.3) is 0 Å². The molecule has 0 aromatic heterocycles. The van der Waals surface area contributed by atoms with Crippen LogP contribution in [0, 0.1) is 0 Å². The first-order chi connectivity index (χ1) is 9.29. The molecule has 0 bridgehead atoms. The van der Waals surface area contributed by atoms with Gasteiger partial charge in [-0.1, -0.05) is 23.7 Å². The Morgan fingerprint density at radius 3 is 2.75 bits per heavy atom. The van der Waals surface area contributed by atoms with E-state index in [0.29, 0.717) is 0 Å². The molecule has 0 aliphatic carbocycles. The van der Waals surface area contributed by atoms with Crippen molar-refractivity contribution in [2.75, 3.05) is 0 Å². The van der Waals surface area contributed by atoms with Gasteiger partial charge in [-0.3, -0.25) is 4.79 Å². The van der Waals surface area contributed by atoms with Gasteiger partial charge in [0, 0.05) is 16.1 Å². The number of rotatable bonds is 3. The third-order valence-corrected chi connectivity index (χ3v) is 1.91. The number of ketones is 1. The minimum absolute atomic E-state index is 0.356. The van der Waals surface area contributed by atoms with Gasteiger partial charge in [-0.25, -0.2) is 0 Å². The van der Waals surface area contributed by atoms with Gasteiger partial charge in [-0.05, 0) is 39.8 Å². The number of hydrogen-bond donors (Lipinski definition) is 1. The van der Waals surface area contributed by atoms with Crippen molar-refractivity contribution in [3.63, 3.8) is 0 Å². The van der Waals surface area contributed by atoms with Gasteiger partial charge >= 0.3 is 0 Å². The highest BCUT2D eigenvalue weighted by Gasteiger charge is 2.20. The van der Waals surface area contributed by atoms with E-state index in [0.717, 1.165) is 0 Å². The van der Waals surface area contributed by atoms with Crippen LogP contribution in [0.3, 0.4) is 0 Å². The van der Waals surface area contributed by atoms with E-state index in [1.165, 1.54) is 6.92 Å². The SMILES string of the molecule is [2H]c1c([2H])c(Cl)c([2H])c(C(=O)C([2H])(C)NC(C)(C)C)c1[2H]. The third kappa shape index (κ3) is 3.95. The topological polar surface area (TPSA) is 29.1 Å². The fraction of sp³-hybridized carbons (Fsp3) is 0.462. The summed E-state index contributed by atoms with van der Waals surface area (Å²) in [4.78, 5) is 12.5. The molecule has 1 unspecified atom stereocenters. The van der Waals surface area contributed by atoms with Crippen molar-refractivity contribution in [3.05, 3.63) is 34.8 Å². The van der Waals surface area contributed by atoms with Crippen LogP contribution in [-0.2, 0) is 0 Å². The molecular formula is C13H18ClNO. The van der Waals surface area contributed by atoms with Crippen molar-refractivity contribution in [2.45, 2.75) is 39.3 Å². The second-order valence-electron chi connectivity index (χ2n) is 4.52. The van der Waals surface area contributed by atoms with Crippen LogP contribution in [0.1, 0.15) is 44.9 Å². The summed E-state index contributed by atoms with van der Waals surface area (Å²) in [5.74, 6) is -0.817. The first-order valence-corrected chi connectivity index (χ1v) is 5.27. The minimum Gasteiger partial charge on any atom is -0.303 e. The predicted molar refractivity (Wildman–Crippen MR) is 68.1 cm³/mol. The van der Waals surface area contributed by atoms with Gasteiger partial charge in [-0.2, -0.15) is 0 Å². The maximum absolute atomic E-state index is 12.5. The molecule has 0 aliphatic rings. The molecule has 1 atom stereocenters. The Kier molecular flexibility index (Phi) is 2.32. The average Bonchev–Trinajstić information content (AvgIpc) is 2.31. The number of hydrogen-bond acceptors (Lipinski definition) is 2. The van der Waals surface area contributed by atoms with Gasteiger partial charge in [0.25, 0.3) is 0 Å². The molecule has 1 N–H and O–H groups in total. The standard InChI is InChI=1S/C13H18ClNO/c1-9(15-13(2,3)4)12(16)10-6-5-7-11(14)8-10/h5-9,15H,1-4H3/i5D,6D,7D,8D,9D. The molecule has 0 saturated heterocycles. The number of nitrogens with one attached hydrogen (secondary N) is 1. The molecule has 16 heavy (non-hydrogen) atoms. The lowest BCUT2D eigenvalue weighted by Gasteiger charge is -2.25. The second kappa shape index (κ2) is 4.98. The van der Waals surface area contributed by atoms with E-state index in [2.05, 4.69) is 5.32 Å². The molecule has 0 saturated carbocycles. The van der Waals surface area contributed by atoms with Crippen LogP contribution in [0.4, 0.5) is 0 Å². The summed E-state index contributed by atoms with van der Waals surface area (Å²) >= 11 is 5.78. The van der Waals surface area contributed by atoms with Crippen molar-refractivity contribution in [1.82, 2.24) is 5.32 Å². The van der Waals surface area contributed by atoms with E-state index in [1.807, 2.05) is 0 Å². The van der Waals surface area contributed by atoms with Crippen LogP contribution in [0.5, 0.6) is 0 Å². The van der Waals surface area contributed by atoms with Crippen molar-refractivity contribution < 1.29 is 11.6 Å². The molecule has 1 aromatic rings. The summed E-state index contributed by atoms with van der Waals surface area (Å²) in [6.07, 6.45) is 0. The molecule has 0 amide bonds. The van der Waals surface area contributed by atoms with E-state index in [9.17, 15) is 4.79 Å². The molecule has 1 rings (SSSR count). The Hall–Kier alpha value is -0.860. The molecule has 0 radical (unpaired) electrons. The molecular weight excluding hydrogens is 222 g/mol. The molecule has 0 heterocycles. The van der Waals surface area contributed by atoms with Crippen molar-refractivity contribution in [2.24, 2.45) is 0 Å². The fourth-order valence-electron chi connectivity index (χ4n) is 1.24. The Morgan fingerprint density at radius 1 is 1.56 bits per heavy atom. The fourth-order valence-corrected chi connectivity index (χ4v) is 1.38. The first-order valence-electron chi connectivity index (χ1n) is 7.39. The number of benzene rings is 1. The molecule has 1 aromatic carbocycles. The maximum Gasteiger partial charge on any atom is 0.179 e. The van der Waals surface area contributed by atoms with Gasteiger partial charge in [0.05, 0.1) is 12.9 Å². The molecule has 2 nitrogen and oxygen atoms in total. The largest absolute Gasteiger partial charge is 0.303 e. The van der Waals surface area contributed by atoms with Crippen molar-refractivity contribution in [3.8, 4) is 0 Å². The molecule has 0 aliphatic heterocycles. The Morgan fingerprint density at radius 2 is 2.19 bits per heavy atom. The quantitative estimate of drug-likeness (QED) is 0.827. The number of carbonyl (C=O) groups is 1. The lowest BCUT2D eigenvalue weighted by molar-refractivity contribution is 0.0936. The van der Waals surface area contributed by atoms with Crippen molar-refractivity contribution >= 4 is 17.4 Å². The lowest BCUT2D eigenvalue weighted by atomic mass is 10.0. The predicted octanol–water partition coefficient (Wildman–Crippen LogP) is 3.30. The van der Waals surface area contributed by atoms with E-state index in [-0.39, 0.29) is 5.02 Å². The number of Topliss-reactive ketones (excluding diaryl/α,β-unsaturated/α-hetero) is 1. The van der Waals surface area contributed by atoms with E-state index in [1.54, 1.807) is 20.8 Å². The molecule has 88 valence electrons. The Bertz CT molecular complexity index is 566. The lowest BCUT2D eigenvalue weighted by Crippen LogP contribution is -2.46. The highest BCUT2D eigenvalue weighted by atomic mass is 35.5. The average molecular weight is 245 g/mol. The van der Waals surface area contributed by atoms with Gasteiger partial charge in [-0.15, -0.1) is 0 Å². The summed E-state index contributed by atoms with van der Waals surface area (Å²) < 4.78 is 38.9. The first kappa shape index (κ1) is 7.46. The zero-order valence-corrected chi connectivity index (χ0v) is 10.5. The Balaban J connectivity index is 3.45. The van der Waals surface area contributed by atoms with Crippen LogP contribution >= 0.6 is 11.6 Å². The number of carbonyl (C=O) groups excluding carboxylic acids is 1. The molecule has 3 heteroatoms. The molecule has 0 fully saturated rings. The summed E-state index contributed by atoms with van der Waals surface area (Å²) in [5.41, 5.74) is -0.935. The minimum atomic E-state index is -1.77. The highest BCUT2D eigenvalue weighted by molar-refractivity contribution is 6.31.